The lowest BCUT2D eigenvalue weighted by molar-refractivity contribution is -0.124. The molecule has 0 atom stereocenters. The zero-order valence-corrected chi connectivity index (χ0v) is 15.4. The third-order valence-electron chi connectivity index (χ3n) is 3.70. The monoisotopic (exact) mass is 373 g/mol. The second-order valence-electron chi connectivity index (χ2n) is 5.89. The van der Waals surface area contributed by atoms with Gasteiger partial charge in [-0.05, 0) is 31.2 Å². The Labute approximate surface area is 157 Å². The second-order valence-corrected chi connectivity index (χ2v) is 5.89. The minimum absolute atomic E-state index is 0.135. The molecule has 0 fully saturated rings. The van der Waals surface area contributed by atoms with Gasteiger partial charge >= 0.3 is 0 Å². The number of furan rings is 1. The molecule has 2 rings (SSSR count). The van der Waals surface area contributed by atoms with Gasteiger partial charge in [0.25, 0.3) is 5.91 Å². The lowest BCUT2D eigenvalue weighted by Gasteiger charge is -2.20. The van der Waals surface area contributed by atoms with Crippen LogP contribution in [0.3, 0.4) is 0 Å². The van der Waals surface area contributed by atoms with E-state index in [0.717, 1.165) is 5.56 Å². The smallest absolute Gasteiger partial charge is 0.290 e. The molecule has 0 saturated heterocycles. The van der Waals surface area contributed by atoms with Gasteiger partial charge in [0.1, 0.15) is 6.54 Å². The number of nitrogens with zero attached hydrogens (tertiary/aromatic N) is 1. The molecular weight excluding hydrogens is 350 g/mol. The van der Waals surface area contributed by atoms with Gasteiger partial charge in [-0.3, -0.25) is 14.4 Å². The van der Waals surface area contributed by atoms with Crippen LogP contribution in [0.5, 0.6) is 0 Å². The molecule has 0 unspecified atom stereocenters. The van der Waals surface area contributed by atoms with E-state index in [-0.39, 0.29) is 37.9 Å². The fraction of sp³-hybridized carbons (Fsp3) is 0.316. The Hall–Kier alpha value is -3.13. The summed E-state index contributed by atoms with van der Waals surface area (Å²) in [6.45, 7) is 2.04. The number of methoxy groups -OCH3 is 1. The minimum atomic E-state index is -0.454. The van der Waals surface area contributed by atoms with E-state index in [9.17, 15) is 14.4 Å². The summed E-state index contributed by atoms with van der Waals surface area (Å²) < 4.78 is 10.1. The van der Waals surface area contributed by atoms with Crippen LogP contribution >= 0.6 is 0 Å². The SMILES string of the molecule is COCCN(CC(=O)NCC(=O)Nc1ccc(C)cc1)C(=O)c1ccco1. The fourth-order valence-corrected chi connectivity index (χ4v) is 2.26. The number of benzene rings is 1. The summed E-state index contributed by atoms with van der Waals surface area (Å²) in [5.41, 5.74) is 1.73. The summed E-state index contributed by atoms with van der Waals surface area (Å²) in [5.74, 6) is -1.09. The zero-order chi connectivity index (χ0) is 19.6. The van der Waals surface area contributed by atoms with Crippen molar-refractivity contribution in [2.75, 3.05) is 38.7 Å². The summed E-state index contributed by atoms with van der Waals surface area (Å²) in [6, 6.07) is 10.4. The van der Waals surface area contributed by atoms with Crippen molar-refractivity contribution in [2.45, 2.75) is 6.92 Å². The minimum Gasteiger partial charge on any atom is -0.459 e. The molecule has 1 aromatic carbocycles. The van der Waals surface area contributed by atoms with Crippen molar-refractivity contribution in [1.29, 1.82) is 0 Å². The number of nitrogens with one attached hydrogen (secondary N) is 2. The van der Waals surface area contributed by atoms with Crippen LogP contribution in [-0.2, 0) is 14.3 Å². The van der Waals surface area contributed by atoms with E-state index < -0.39 is 11.8 Å². The Bertz CT molecular complexity index is 756. The van der Waals surface area contributed by atoms with Crippen molar-refractivity contribution in [3.63, 3.8) is 0 Å². The molecule has 0 aliphatic carbocycles. The molecule has 0 saturated carbocycles. The number of rotatable bonds is 9. The Morgan fingerprint density at radius 2 is 1.85 bits per heavy atom. The van der Waals surface area contributed by atoms with Crippen LogP contribution in [0.2, 0.25) is 0 Å². The zero-order valence-electron chi connectivity index (χ0n) is 15.4. The largest absolute Gasteiger partial charge is 0.459 e. The number of aryl methyl sites for hydroxylation is 1. The molecule has 8 nitrogen and oxygen atoms in total. The second kappa shape index (κ2) is 10.1. The summed E-state index contributed by atoms with van der Waals surface area (Å²) in [7, 11) is 1.50. The lowest BCUT2D eigenvalue weighted by atomic mass is 10.2. The molecule has 0 radical (unpaired) electrons. The Morgan fingerprint density at radius 3 is 2.48 bits per heavy atom. The molecule has 0 spiro atoms. The van der Waals surface area contributed by atoms with Gasteiger partial charge in [0, 0.05) is 19.3 Å². The van der Waals surface area contributed by atoms with E-state index in [4.69, 9.17) is 9.15 Å². The predicted octanol–water partition coefficient (Wildman–Crippen LogP) is 1.43. The van der Waals surface area contributed by atoms with Crippen molar-refractivity contribution in [1.82, 2.24) is 10.2 Å². The molecule has 0 aliphatic heterocycles. The number of carbonyl (C=O) groups is 3. The van der Waals surface area contributed by atoms with E-state index in [1.165, 1.54) is 24.3 Å². The molecule has 0 aliphatic rings. The number of hydrogen-bond acceptors (Lipinski definition) is 5. The molecule has 2 aromatic rings. The van der Waals surface area contributed by atoms with Crippen LogP contribution in [0.4, 0.5) is 5.69 Å². The maximum atomic E-state index is 12.4. The van der Waals surface area contributed by atoms with Crippen molar-refractivity contribution >= 4 is 23.4 Å². The van der Waals surface area contributed by atoms with Crippen molar-refractivity contribution in [3.05, 3.63) is 54.0 Å². The molecule has 144 valence electrons. The van der Waals surface area contributed by atoms with Gasteiger partial charge in [-0.15, -0.1) is 0 Å². The summed E-state index contributed by atoms with van der Waals surface area (Å²) in [6.07, 6.45) is 1.39. The van der Waals surface area contributed by atoms with Crippen LogP contribution in [-0.4, -0.2) is 56.0 Å². The van der Waals surface area contributed by atoms with Gasteiger partial charge < -0.3 is 24.7 Å². The number of hydrogen-bond donors (Lipinski definition) is 2. The first-order chi connectivity index (χ1) is 13.0. The van der Waals surface area contributed by atoms with Gasteiger partial charge in [0.2, 0.25) is 11.8 Å². The molecule has 1 heterocycles. The lowest BCUT2D eigenvalue weighted by Crippen LogP contribution is -2.44. The first-order valence-electron chi connectivity index (χ1n) is 8.44. The maximum Gasteiger partial charge on any atom is 0.290 e. The molecule has 1 aromatic heterocycles. The summed E-state index contributed by atoms with van der Waals surface area (Å²) in [4.78, 5) is 37.7. The highest BCUT2D eigenvalue weighted by Gasteiger charge is 2.21. The molecular formula is C19H23N3O5. The van der Waals surface area contributed by atoms with E-state index in [1.54, 1.807) is 18.2 Å². The molecule has 8 heteroatoms. The van der Waals surface area contributed by atoms with Crippen molar-refractivity contribution in [2.24, 2.45) is 0 Å². The Morgan fingerprint density at radius 1 is 1.11 bits per heavy atom. The number of carbonyl (C=O) groups excluding carboxylic acids is 3. The summed E-state index contributed by atoms with van der Waals surface area (Å²) >= 11 is 0. The normalized spacial score (nSPS) is 10.3. The standard InChI is InChI=1S/C19H23N3O5/c1-14-5-7-15(8-6-14)21-17(23)12-20-18(24)13-22(9-11-26-2)19(25)16-4-3-10-27-16/h3-8,10H,9,11-13H2,1-2H3,(H,20,24)(H,21,23). The average molecular weight is 373 g/mol. The topological polar surface area (TPSA) is 101 Å². The van der Waals surface area contributed by atoms with Gasteiger partial charge in [-0.25, -0.2) is 0 Å². The highest BCUT2D eigenvalue weighted by atomic mass is 16.5. The average Bonchev–Trinajstić information content (AvgIpc) is 3.19. The number of anilines is 1. The maximum absolute atomic E-state index is 12.4. The third kappa shape index (κ3) is 6.59. The Kier molecular flexibility index (Phi) is 7.57. The molecule has 27 heavy (non-hydrogen) atoms. The third-order valence-corrected chi connectivity index (χ3v) is 3.70. The number of ether oxygens (including phenoxy) is 1. The fourth-order valence-electron chi connectivity index (χ4n) is 2.26. The van der Waals surface area contributed by atoms with E-state index in [1.807, 2.05) is 19.1 Å². The predicted molar refractivity (Wildman–Crippen MR) is 99.3 cm³/mol. The van der Waals surface area contributed by atoms with Crippen molar-refractivity contribution in [3.8, 4) is 0 Å². The van der Waals surface area contributed by atoms with Crippen LogP contribution in [0, 0.1) is 6.92 Å². The van der Waals surface area contributed by atoms with Gasteiger partial charge in [-0.2, -0.15) is 0 Å². The Balaban J connectivity index is 1.84. The van der Waals surface area contributed by atoms with Gasteiger partial charge in [0.15, 0.2) is 5.76 Å². The highest BCUT2D eigenvalue weighted by molar-refractivity contribution is 5.96. The van der Waals surface area contributed by atoms with Crippen LogP contribution < -0.4 is 10.6 Å². The van der Waals surface area contributed by atoms with Crippen LogP contribution in [0.1, 0.15) is 16.1 Å². The summed E-state index contributed by atoms with van der Waals surface area (Å²) in [5, 5.41) is 5.19. The number of amides is 3. The molecule has 3 amide bonds. The first kappa shape index (κ1) is 20.2. The highest BCUT2D eigenvalue weighted by Crippen LogP contribution is 2.08. The molecule has 2 N–H and O–H groups in total. The van der Waals surface area contributed by atoms with E-state index in [0.29, 0.717) is 5.69 Å². The quantitative estimate of drug-likeness (QED) is 0.693. The van der Waals surface area contributed by atoms with Crippen molar-refractivity contribution < 1.29 is 23.5 Å². The van der Waals surface area contributed by atoms with E-state index in [2.05, 4.69) is 10.6 Å². The van der Waals surface area contributed by atoms with Crippen LogP contribution in [0.15, 0.2) is 47.1 Å². The van der Waals surface area contributed by atoms with E-state index >= 15 is 0 Å². The van der Waals surface area contributed by atoms with Gasteiger partial charge in [0.05, 0.1) is 19.4 Å². The van der Waals surface area contributed by atoms with Gasteiger partial charge in [-0.1, -0.05) is 17.7 Å². The first-order valence-corrected chi connectivity index (χ1v) is 8.44. The molecule has 0 bridgehead atoms. The van der Waals surface area contributed by atoms with Crippen LogP contribution in [0.25, 0.3) is 0 Å².